The summed E-state index contributed by atoms with van der Waals surface area (Å²) in [6, 6.07) is 80.2. The molecule has 66 heavy (non-hydrogen) atoms. The molecule has 0 atom stereocenters. The summed E-state index contributed by atoms with van der Waals surface area (Å²) in [5, 5.41) is 15.1. The van der Waals surface area contributed by atoms with Crippen molar-refractivity contribution in [3.05, 3.63) is 242 Å². The van der Waals surface area contributed by atoms with Crippen LogP contribution >= 0.6 is 0 Å². The van der Waals surface area contributed by atoms with Gasteiger partial charge in [0.1, 0.15) is 11.6 Å². The van der Waals surface area contributed by atoms with Crippen LogP contribution in [0, 0.1) is 11.6 Å². The Morgan fingerprint density at radius 2 is 0.576 bits per heavy atom. The van der Waals surface area contributed by atoms with E-state index in [1.165, 1.54) is 32.7 Å². The fraction of sp³-hybridized carbons (Fsp3) is 0. The van der Waals surface area contributed by atoms with Gasteiger partial charge in [-0.3, -0.25) is 0 Å². The van der Waals surface area contributed by atoms with Crippen LogP contribution in [0.2, 0.25) is 0 Å². The number of benzene rings is 13. The van der Waals surface area contributed by atoms with Crippen molar-refractivity contribution in [1.29, 1.82) is 0 Å². The molecular formula is C64H38F2. The summed E-state index contributed by atoms with van der Waals surface area (Å²) in [4.78, 5) is 0. The van der Waals surface area contributed by atoms with Crippen molar-refractivity contribution >= 4 is 75.4 Å². The first-order valence-electron chi connectivity index (χ1n) is 22.4. The van der Waals surface area contributed by atoms with Crippen LogP contribution in [-0.4, -0.2) is 0 Å². The van der Waals surface area contributed by atoms with Crippen LogP contribution < -0.4 is 0 Å². The summed E-state index contributed by atoms with van der Waals surface area (Å²) < 4.78 is 29.3. The molecule has 0 saturated carbocycles. The number of hydrogen-bond acceptors (Lipinski definition) is 0. The predicted octanol–water partition coefficient (Wildman–Crippen LogP) is 18.4. The van der Waals surface area contributed by atoms with Crippen molar-refractivity contribution in [1.82, 2.24) is 0 Å². The maximum Gasteiger partial charge on any atom is 0.123 e. The Hall–Kier alpha value is -8.46. The molecule has 0 aliphatic carbocycles. The molecule has 0 nitrogen and oxygen atoms in total. The average Bonchev–Trinajstić information content (AvgIpc) is 3.37. The second-order valence-corrected chi connectivity index (χ2v) is 17.5. The molecule has 13 rings (SSSR count). The Bertz CT molecular complexity index is 4110. The maximum atomic E-state index is 14.6. The molecule has 0 N–H and O–H groups in total. The molecule has 0 fully saturated rings. The Morgan fingerprint density at radius 1 is 0.182 bits per heavy atom. The summed E-state index contributed by atoms with van der Waals surface area (Å²) in [6.07, 6.45) is 0. The molecule has 0 heterocycles. The molecule has 0 aliphatic heterocycles. The van der Waals surface area contributed by atoms with Crippen molar-refractivity contribution in [2.75, 3.05) is 0 Å². The van der Waals surface area contributed by atoms with Crippen molar-refractivity contribution < 1.29 is 8.78 Å². The third-order valence-electron chi connectivity index (χ3n) is 13.7. The second-order valence-electron chi connectivity index (χ2n) is 17.5. The zero-order valence-electron chi connectivity index (χ0n) is 35.7. The molecule has 0 aromatic heterocycles. The van der Waals surface area contributed by atoms with E-state index in [0.717, 1.165) is 98.4 Å². The van der Waals surface area contributed by atoms with E-state index >= 15 is 0 Å². The molecule has 0 unspecified atom stereocenters. The van der Waals surface area contributed by atoms with E-state index < -0.39 is 0 Å². The SMILES string of the molecule is Fc1ccc2cc(-c3c4ccc(-c5ccccc5)cc4c(-c4ccc5cc(F)ccc5c4)c4cc5c(cc34)c(-c3ccccc3)c(-c3ccc4ccccc4c3)c3ccccc35)ccc2c1. The van der Waals surface area contributed by atoms with E-state index in [9.17, 15) is 8.78 Å². The number of fused-ring (bicyclic) bond motifs is 8. The molecule has 0 saturated heterocycles. The number of rotatable bonds is 5. The zero-order chi connectivity index (χ0) is 43.9. The van der Waals surface area contributed by atoms with Gasteiger partial charge in [-0.1, -0.05) is 170 Å². The minimum atomic E-state index is -0.253. The third kappa shape index (κ3) is 6.18. The van der Waals surface area contributed by atoms with Crippen LogP contribution in [-0.2, 0) is 0 Å². The molecule has 0 amide bonds. The fourth-order valence-corrected chi connectivity index (χ4v) is 10.6. The highest BCUT2D eigenvalue weighted by Gasteiger charge is 2.23. The molecule has 308 valence electrons. The van der Waals surface area contributed by atoms with Gasteiger partial charge in [-0.05, 0) is 192 Å². The Labute approximate surface area is 380 Å². The van der Waals surface area contributed by atoms with Gasteiger partial charge in [-0.2, -0.15) is 0 Å². The molecule has 0 aliphatic rings. The van der Waals surface area contributed by atoms with Crippen molar-refractivity contribution in [2.24, 2.45) is 0 Å². The van der Waals surface area contributed by atoms with Crippen molar-refractivity contribution in [3.8, 4) is 55.6 Å². The predicted molar refractivity (Wildman–Crippen MR) is 276 cm³/mol. The van der Waals surface area contributed by atoms with Crippen LogP contribution in [0.4, 0.5) is 8.78 Å². The Balaban J connectivity index is 1.25. The number of hydrogen-bond donors (Lipinski definition) is 0. The molecular weight excluding hydrogens is 807 g/mol. The van der Waals surface area contributed by atoms with Crippen molar-refractivity contribution in [2.45, 2.75) is 0 Å². The topological polar surface area (TPSA) is 0 Å². The first-order valence-corrected chi connectivity index (χ1v) is 22.4. The lowest BCUT2D eigenvalue weighted by Gasteiger charge is -2.23. The standard InChI is InChI=1S/C64H38F2/c65-51-28-25-43-32-48(23-20-45(43)34-51)61-55-30-27-47(39-11-3-1-4-12-39)36-57(55)62(49-24-21-46-35-52(66)29-26-44(46)33-49)59-37-56-53-17-9-10-18-54(53)64(50-22-19-40-13-7-8-16-42(40)31-50)63(58(56)38-60(59)61)41-14-5-2-6-15-41/h1-38H. The highest BCUT2D eigenvalue weighted by molar-refractivity contribution is 6.30. The van der Waals surface area contributed by atoms with E-state index in [0.29, 0.717) is 0 Å². The highest BCUT2D eigenvalue weighted by Crippen LogP contribution is 2.51. The van der Waals surface area contributed by atoms with Crippen LogP contribution in [0.15, 0.2) is 231 Å². The summed E-state index contributed by atoms with van der Waals surface area (Å²) in [5.41, 5.74) is 11.2. The van der Waals surface area contributed by atoms with Crippen molar-refractivity contribution in [3.63, 3.8) is 0 Å². The van der Waals surface area contributed by atoms with Crippen LogP contribution in [0.25, 0.3) is 131 Å². The van der Waals surface area contributed by atoms with E-state index in [-0.39, 0.29) is 11.6 Å². The molecule has 13 aromatic rings. The smallest absolute Gasteiger partial charge is 0.123 e. The van der Waals surface area contributed by atoms with Gasteiger partial charge >= 0.3 is 0 Å². The number of halogens is 2. The van der Waals surface area contributed by atoms with Gasteiger partial charge in [-0.15, -0.1) is 0 Å². The lowest BCUT2D eigenvalue weighted by atomic mass is 9.80. The molecule has 0 radical (unpaired) electrons. The van der Waals surface area contributed by atoms with Gasteiger partial charge in [0.15, 0.2) is 0 Å². The summed E-state index contributed by atoms with van der Waals surface area (Å²) >= 11 is 0. The molecule has 0 spiro atoms. The summed E-state index contributed by atoms with van der Waals surface area (Å²) in [5.74, 6) is -0.506. The van der Waals surface area contributed by atoms with Gasteiger partial charge < -0.3 is 0 Å². The largest absolute Gasteiger partial charge is 0.207 e. The van der Waals surface area contributed by atoms with Crippen LogP contribution in [0.5, 0.6) is 0 Å². The lowest BCUT2D eigenvalue weighted by molar-refractivity contribution is 0.629. The third-order valence-corrected chi connectivity index (χ3v) is 13.7. The second kappa shape index (κ2) is 15.1. The summed E-state index contributed by atoms with van der Waals surface area (Å²) in [7, 11) is 0. The first-order chi connectivity index (χ1) is 32.5. The molecule has 2 heteroatoms. The van der Waals surface area contributed by atoms with Gasteiger partial charge in [0.25, 0.3) is 0 Å². The highest BCUT2D eigenvalue weighted by atomic mass is 19.1. The minimum absolute atomic E-state index is 0.253. The fourth-order valence-electron chi connectivity index (χ4n) is 10.6. The Morgan fingerprint density at radius 3 is 1.23 bits per heavy atom. The van der Waals surface area contributed by atoms with E-state index in [1.807, 2.05) is 24.3 Å². The molecule has 13 aromatic carbocycles. The minimum Gasteiger partial charge on any atom is -0.207 e. The zero-order valence-corrected chi connectivity index (χ0v) is 35.7. The first kappa shape index (κ1) is 38.0. The van der Waals surface area contributed by atoms with E-state index in [2.05, 4.69) is 182 Å². The normalized spacial score (nSPS) is 11.8. The van der Waals surface area contributed by atoms with Crippen LogP contribution in [0.3, 0.4) is 0 Å². The van der Waals surface area contributed by atoms with E-state index in [1.54, 1.807) is 24.3 Å². The van der Waals surface area contributed by atoms with Crippen LogP contribution in [0.1, 0.15) is 0 Å². The Kier molecular flexibility index (Phi) is 8.69. The average molecular weight is 845 g/mol. The lowest BCUT2D eigenvalue weighted by Crippen LogP contribution is -1.95. The quantitative estimate of drug-likeness (QED) is 0.120. The van der Waals surface area contributed by atoms with Gasteiger partial charge in [-0.25, -0.2) is 8.78 Å². The van der Waals surface area contributed by atoms with Gasteiger partial charge in [0, 0.05) is 0 Å². The monoisotopic (exact) mass is 844 g/mol. The maximum absolute atomic E-state index is 14.6. The van der Waals surface area contributed by atoms with Gasteiger partial charge in [0.05, 0.1) is 0 Å². The molecule has 0 bridgehead atoms. The summed E-state index contributed by atoms with van der Waals surface area (Å²) in [6.45, 7) is 0. The van der Waals surface area contributed by atoms with Gasteiger partial charge in [0.2, 0.25) is 0 Å². The van der Waals surface area contributed by atoms with E-state index in [4.69, 9.17) is 0 Å².